The topological polar surface area (TPSA) is 71.1 Å². The number of hydrogen-bond acceptors (Lipinski definition) is 5. The second kappa shape index (κ2) is 8.05. The summed E-state index contributed by atoms with van der Waals surface area (Å²) in [5.74, 6) is 0.934. The van der Waals surface area contributed by atoms with Gasteiger partial charge in [0.2, 0.25) is 0 Å². The van der Waals surface area contributed by atoms with E-state index in [0.717, 1.165) is 36.5 Å². The number of hydrogen-bond donors (Lipinski definition) is 1. The molecule has 1 aliphatic heterocycles. The summed E-state index contributed by atoms with van der Waals surface area (Å²) < 4.78 is 42.2. The predicted molar refractivity (Wildman–Crippen MR) is 111 cm³/mol. The number of halogens is 3. The first kappa shape index (κ1) is 20.7. The lowest BCUT2D eigenvalue weighted by Crippen LogP contribution is -2.35. The molecule has 1 aliphatic carbocycles. The van der Waals surface area contributed by atoms with Crippen molar-refractivity contribution in [3.8, 4) is 17.0 Å². The summed E-state index contributed by atoms with van der Waals surface area (Å²) in [6.07, 6.45) is -0.236. The fourth-order valence-corrected chi connectivity index (χ4v) is 4.01. The molecule has 0 atom stereocenters. The van der Waals surface area contributed by atoms with Crippen LogP contribution >= 0.6 is 0 Å². The molecule has 9 heteroatoms. The molecule has 3 aromatic rings. The Balaban J connectivity index is 1.30. The van der Waals surface area contributed by atoms with Gasteiger partial charge >= 0.3 is 6.36 Å². The van der Waals surface area contributed by atoms with Crippen LogP contribution in [0.4, 0.5) is 13.2 Å². The van der Waals surface area contributed by atoms with E-state index in [1.54, 1.807) is 24.4 Å². The molecule has 0 bridgehead atoms. The Morgan fingerprint density at radius 2 is 1.97 bits per heavy atom. The van der Waals surface area contributed by atoms with E-state index < -0.39 is 6.36 Å². The monoisotopic (exact) mass is 442 g/mol. The SMILES string of the molecule is O=c1[nH]c(C2CC2)nc2c1CN(Cc1ccc(-c3ccccc3OC(F)(F)F)nc1)CC2. The van der Waals surface area contributed by atoms with Crippen LogP contribution in [0.2, 0.25) is 0 Å². The lowest BCUT2D eigenvalue weighted by Gasteiger charge is -2.27. The average Bonchev–Trinajstić information content (AvgIpc) is 3.60. The normalized spacial score (nSPS) is 16.6. The fourth-order valence-electron chi connectivity index (χ4n) is 4.01. The second-order valence-corrected chi connectivity index (χ2v) is 8.21. The number of aromatic amines is 1. The van der Waals surface area contributed by atoms with Crippen molar-refractivity contribution in [2.75, 3.05) is 6.54 Å². The Morgan fingerprint density at radius 3 is 2.69 bits per heavy atom. The summed E-state index contributed by atoms with van der Waals surface area (Å²) >= 11 is 0. The van der Waals surface area contributed by atoms with Crippen molar-refractivity contribution < 1.29 is 17.9 Å². The minimum absolute atomic E-state index is 0.0589. The number of ether oxygens (including phenoxy) is 1. The third-order valence-corrected chi connectivity index (χ3v) is 5.75. The van der Waals surface area contributed by atoms with Gasteiger partial charge in [0.1, 0.15) is 11.6 Å². The van der Waals surface area contributed by atoms with Crippen LogP contribution in [0.1, 0.15) is 41.4 Å². The van der Waals surface area contributed by atoms with Gasteiger partial charge in [-0.1, -0.05) is 18.2 Å². The molecular weight excluding hydrogens is 421 g/mol. The molecule has 2 aromatic heterocycles. The Bertz CT molecular complexity index is 1190. The molecule has 0 spiro atoms. The van der Waals surface area contributed by atoms with Crippen molar-refractivity contribution >= 4 is 0 Å². The van der Waals surface area contributed by atoms with Gasteiger partial charge in [0.15, 0.2) is 0 Å². The molecule has 2 aliphatic rings. The predicted octanol–water partition coefficient (Wildman–Crippen LogP) is 4.17. The van der Waals surface area contributed by atoms with Crippen molar-refractivity contribution in [3.05, 3.63) is 75.6 Å². The molecule has 1 N–H and O–H groups in total. The Hall–Kier alpha value is -3.20. The maximum absolute atomic E-state index is 12.7. The second-order valence-electron chi connectivity index (χ2n) is 8.21. The molecule has 0 unspecified atom stereocenters. The third-order valence-electron chi connectivity index (χ3n) is 5.75. The number of rotatable bonds is 5. The number of benzene rings is 1. The smallest absolute Gasteiger partial charge is 0.405 e. The molecule has 0 amide bonds. The number of nitrogens with one attached hydrogen (secondary N) is 1. The van der Waals surface area contributed by atoms with E-state index in [-0.39, 0.29) is 16.9 Å². The molecule has 1 aromatic carbocycles. The van der Waals surface area contributed by atoms with Crippen LogP contribution in [0.25, 0.3) is 11.3 Å². The highest BCUT2D eigenvalue weighted by molar-refractivity contribution is 5.67. The van der Waals surface area contributed by atoms with Crippen LogP contribution in [-0.4, -0.2) is 32.8 Å². The molecule has 32 heavy (non-hydrogen) atoms. The first-order valence-electron chi connectivity index (χ1n) is 10.5. The minimum atomic E-state index is -4.77. The van der Waals surface area contributed by atoms with Gasteiger partial charge in [0, 0.05) is 43.7 Å². The van der Waals surface area contributed by atoms with Crippen molar-refractivity contribution in [1.82, 2.24) is 19.9 Å². The van der Waals surface area contributed by atoms with Crippen LogP contribution in [0.3, 0.4) is 0 Å². The largest absolute Gasteiger partial charge is 0.573 e. The van der Waals surface area contributed by atoms with Crippen LogP contribution in [0.15, 0.2) is 47.4 Å². The summed E-state index contributed by atoms with van der Waals surface area (Å²) in [5, 5.41) is 0. The molecule has 1 saturated carbocycles. The summed E-state index contributed by atoms with van der Waals surface area (Å²) in [6, 6.07) is 9.45. The number of para-hydroxylation sites is 1. The lowest BCUT2D eigenvalue weighted by molar-refractivity contribution is -0.274. The standard InChI is InChI=1S/C23H21F3N4O2/c24-23(25,26)32-20-4-2-1-3-16(20)18-8-5-14(11-27-18)12-30-10-9-19-17(13-30)22(31)29-21(28-19)15-6-7-15/h1-5,8,11,15H,6-7,9-10,12-13H2,(H,28,29,31). The molecule has 166 valence electrons. The van der Waals surface area contributed by atoms with Crippen molar-refractivity contribution in [2.24, 2.45) is 0 Å². The summed E-state index contributed by atoms with van der Waals surface area (Å²) in [5.41, 5.74) is 3.12. The third kappa shape index (κ3) is 4.52. The molecule has 0 radical (unpaired) electrons. The molecule has 0 saturated heterocycles. The zero-order valence-corrected chi connectivity index (χ0v) is 17.2. The van der Waals surface area contributed by atoms with E-state index in [4.69, 9.17) is 0 Å². The maximum Gasteiger partial charge on any atom is 0.573 e. The van der Waals surface area contributed by atoms with Crippen molar-refractivity contribution in [1.29, 1.82) is 0 Å². The van der Waals surface area contributed by atoms with Gasteiger partial charge in [-0.05, 0) is 36.6 Å². The van der Waals surface area contributed by atoms with E-state index in [0.29, 0.717) is 36.7 Å². The average molecular weight is 442 g/mol. The number of alkyl halides is 3. The van der Waals surface area contributed by atoms with Gasteiger partial charge in [-0.3, -0.25) is 14.7 Å². The minimum Gasteiger partial charge on any atom is -0.405 e. The van der Waals surface area contributed by atoms with E-state index in [9.17, 15) is 18.0 Å². The molecular formula is C23H21F3N4O2. The van der Waals surface area contributed by atoms with Crippen molar-refractivity contribution in [3.63, 3.8) is 0 Å². The summed E-state index contributed by atoms with van der Waals surface area (Å²) in [7, 11) is 0. The van der Waals surface area contributed by atoms with Gasteiger partial charge < -0.3 is 9.72 Å². The highest BCUT2D eigenvalue weighted by atomic mass is 19.4. The number of nitrogens with zero attached hydrogens (tertiary/aromatic N) is 3. The van der Waals surface area contributed by atoms with Gasteiger partial charge in [-0.15, -0.1) is 13.2 Å². The lowest BCUT2D eigenvalue weighted by atomic mass is 10.1. The Labute approximate surface area is 182 Å². The molecule has 5 rings (SSSR count). The zero-order valence-electron chi connectivity index (χ0n) is 17.2. The van der Waals surface area contributed by atoms with Crippen LogP contribution in [0, 0.1) is 0 Å². The van der Waals surface area contributed by atoms with Crippen LogP contribution in [-0.2, 0) is 19.5 Å². The molecule has 3 heterocycles. The number of aromatic nitrogens is 3. The maximum atomic E-state index is 12.7. The van der Waals surface area contributed by atoms with Gasteiger partial charge in [0.05, 0.1) is 17.0 Å². The summed E-state index contributed by atoms with van der Waals surface area (Å²) in [6.45, 7) is 1.86. The first-order chi connectivity index (χ1) is 15.4. The molecule has 1 fully saturated rings. The van der Waals surface area contributed by atoms with Crippen LogP contribution < -0.4 is 10.3 Å². The summed E-state index contributed by atoms with van der Waals surface area (Å²) in [4.78, 5) is 26.6. The van der Waals surface area contributed by atoms with Gasteiger partial charge in [0.25, 0.3) is 5.56 Å². The van der Waals surface area contributed by atoms with Crippen molar-refractivity contribution in [2.45, 2.75) is 44.6 Å². The van der Waals surface area contributed by atoms with E-state index >= 15 is 0 Å². The van der Waals surface area contributed by atoms with E-state index in [1.807, 2.05) is 6.07 Å². The molecule has 6 nitrogen and oxygen atoms in total. The quantitative estimate of drug-likeness (QED) is 0.642. The first-order valence-corrected chi connectivity index (χ1v) is 10.5. The fraction of sp³-hybridized carbons (Fsp3) is 0.348. The number of fused-ring (bicyclic) bond motifs is 1. The zero-order chi connectivity index (χ0) is 22.3. The Kier molecular flexibility index (Phi) is 5.21. The van der Waals surface area contributed by atoms with Gasteiger partial charge in [-0.2, -0.15) is 0 Å². The highest BCUT2D eigenvalue weighted by Crippen LogP contribution is 2.38. The number of H-pyrrole nitrogens is 1. The van der Waals surface area contributed by atoms with E-state index in [2.05, 4.69) is 24.6 Å². The van der Waals surface area contributed by atoms with E-state index in [1.165, 1.54) is 12.1 Å². The number of pyridine rings is 1. The Morgan fingerprint density at radius 1 is 1.16 bits per heavy atom. The van der Waals surface area contributed by atoms with Gasteiger partial charge in [-0.25, -0.2) is 4.98 Å². The van der Waals surface area contributed by atoms with Crippen LogP contribution in [0.5, 0.6) is 5.75 Å². The highest BCUT2D eigenvalue weighted by Gasteiger charge is 2.32.